The zero-order valence-electron chi connectivity index (χ0n) is 10.3. The van der Waals surface area contributed by atoms with E-state index in [1.54, 1.807) is 13.1 Å². The summed E-state index contributed by atoms with van der Waals surface area (Å²) in [6.07, 6.45) is 1.08. The number of anilines is 1. The summed E-state index contributed by atoms with van der Waals surface area (Å²) in [6, 6.07) is 3.00. The van der Waals surface area contributed by atoms with Crippen LogP contribution in [-0.4, -0.2) is 22.2 Å². The van der Waals surface area contributed by atoms with Gasteiger partial charge in [0, 0.05) is 24.1 Å². The summed E-state index contributed by atoms with van der Waals surface area (Å²) in [4.78, 5) is 4.05. The molecule has 0 saturated carbocycles. The van der Waals surface area contributed by atoms with Crippen molar-refractivity contribution in [2.24, 2.45) is 0 Å². The summed E-state index contributed by atoms with van der Waals surface area (Å²) < 4.78 is 26.1. The minimum Gasteiger partial charge on any atom is -0.391 e. The number of aromatic nitrogens is 1. The lowest BCUT2D eigenvalue weighted by Crippen LogP contribution is -2.32. The van der Waals surface area contributed by atoms with E-state index in [0.717, 1.165) is 6.07 Å². The Kier molecular flexibility index (Phi) is 4.44. The predicted octanol–water partition coefficient (Wildman–Crippen LogP) is 2.83. The normalized spacial score (nSPS) is 14.1. The molecule has 1 aromatic carbocycles. The predicted molar refractivity (Wildman–Crippen MR) is 71.3 cm³/mol. The van der Waals surface area contributed by atoms with E-state index in [1.165, 1.54) is 23.5 Å². The first-order valence-corrected chi connectivity index (χ1v) is 6.71. The van der Waals surface area contributed by atoms with Gasteiger partial charge in [-0.3, -0.25) is 0 Å². The van der Waals surface area contributed by atoms with E-state index in [4.69, 9.17) is 0 Å². The Labute approximate surface area is 113 Å². The van der Waals surface area contributed by atoms with E-state index in [2.05, 4.69) is 10.3 Å². The number of benzene rings is 1. The summed E-state index contributed by atoms with van der Waals surface area (Å²) >= 11 is 1.43. The minimum atomic E-state index is -0.759. The van der Waals surface area contributed by atoms with Crippen LogP contribution in [0.5, 0.6) is 0 Å². The second-order valence-corrected chi connectivity index (χ2v) is 5.21. The first kappa shape index (κ1) is 13.9. The van der Waals surface area contributed by atoms with Crippen molar-refractivity contribution >= 4 is 16.5 Å². The molecule has 0 fully saturated rings. The molecule has 0 bridgehead atoms. The fourth-order valence-electron chi connectivity index (χ4n) is 1.73. The molecule has 2 N–H and O–H groups in total. The molecule has 0 aliphatic heterocycles. The van der Waals surface area contributed by atoms with Crippen LogP contribution in [0.15, 0.2) is 29.8 Å². The maximum Gasteiger partial charge on any atom is 0.182 e. The fraction of sp³-hybridized carbons (Fsp3) is 0.308. The number of hydrogen-bond acceptors (Lipinski definition) is 4. The van der Waals surface area contributed by atoms with Crippen molar-refractivity contribution in [1.82, 2.24) is 4.98 Å². The van der Waals surface area contributed by atoms with Gasteiger partial charge in [-0.2, -0.15) is 0 Å². The summed E-state index contributed by atoms with van der Waals surface area (Å²) in [5.74, 6) is -1.27. The standard InChI is InChI=1S/C13H14F2N2OS/c1-8(17-13-16-2-3-19-13)12(18)6-9-4-10(14)7-11(15)5-9/h2-5,7-8,12,18H,6H2,1H3,(H,16,17). The highest BCUT2D eigenvalue weighted by Crippen LogP contribution is 2.16. The molecular weight excluding hydrogens is 270 g/mol. The monoisotopic (exact) mass is 284 g/mol. The van der Waals surface area contributed by atoms with Crippen LogP contribution >= 0.6 is 11.3 Å². The van der Waals surface area contributed by atoms with Gasteiger partial charge in [0.2, 0.25) is 0 Å². The summed E-state index contributed by atoms with van der Waals surface area (Å²) in [7, 11) is 0. The largest absolute Gasteiger partial charge is 0.391 e. The lowest BCUT2D eigenvalue weighted by atomic mass is 10.0. The minimum absolute atomic E-state index is 0.175. The van der Waals surface area contributed by atoms with Gasteiger partial charge < -0.3 is 10.4 Å². The van der Waals surface area contributed by atoms with Crippen LogP contribution in [-0.2, 0) is 6.42 Å². The summed E-state index contributed by atoms with van der Waals surface area (Å²) in [6.45, 7) is 1.79. The van der Waals surface area contributed by atoms with Crippen molar-refractivity contribution in [3.63, 3.8) is 0 Å². The molecule has 1 heterocycles. The van der Waals surface area contributed by atoms with E-state index in [1.807, 2.05) is 5.38 Å². The third-order valence-electron chi connectivity index (χ3n) is 2.73. The lowest BCUT2D eigenvalue weighted by Gasteiger charge is -2.20. The average Bonchev–Trinajstić information content (AvgIpc) is 2.80. The van der Waals surface area contributed by atoms with E-state index in [9.17, 15) is 13.9 Å². The SMILES string of the molecule is CC(Nc1nccs1)C(O)Cc1cc(F)cc(F)c1. The summed E-state index contributed by atoms with van der Waals surface area (Å²) in [5, 5.41) is 15.6. The second-order valence-electron chi connectivity index (χ2n) is 4.32. The molecule has 0 spiro atoms. The molecule has 2 aromatic rings. The molecule has 3 nitrogen and oxygen atoms in total. The Hall–Kier alpha value is -1.53. The summed E-state index contributed by atoms with van der Waals surface area (Å²) in [5.41, 5.74) is 0.429. The number of hydrogen-bond donors (Lipinski definition) is 2. The molecule has 0 aliphatic rings. The van der Waals surface area contributed by atoms with E-state index in [0.29, 0.717) is 10.7 Å². The number of nitrogens with zero attached hydrogens (tertiary/aromatic N) is 1. The van der Waals surface area contributed by atoms with Crippen LogP contribution in [0.4, 0.5) is 13.9 Å². The Morgan fingerprint density at radius 2 is 2.00 bits per heavy atom. The van der Waals surface area contributed by atoms with E-state index < -0.39 is 17.7 Å². The number of rotatable bonds is 5. The molecular formula is C13H14F2N2OS. The smallest absolute Gasteiger partial charge is 0.182 e. The van der Waals surface area contributed by atoms with Crippen LogP contribution in [0, 0.1) is 11.6 Å². The molecule has 0 amide bonds. The molecule has 2 atom stereocenters. The van der Waals surface area contributed by atoms with Crippen molar-refractivity contribution in [2.75, 3.05) is 5.32 Å². The molecule has 0 radical (unpaired) electrons. The van der Waals surface area contributed by atoms with Crippen LogP contribution in [0.25, 0.3) is 0 Å². The molecule has 2 rings (SSSR count). The highest BCUT2D eigenvalue weighted by atomic mass is 32.1. The first-order chi connectivity index (χ1) is 9.04. The van der Waals surface area contributed by atoms with Gasteiger partial charge >= 0.3 is 0 Å². The van der Waals surface area contributed by atoms with E-state index in [-0.39, 0.29) is 12.5 Å². The Bertz CT molecular complexity index is 513. The van der Waals surface area contributed by atoms with Crippen LogP contribution in [0.2, 0.25) is 0 Å². The van der Waals surface area contributed by atoms with Gasteiger partial charge in [-0.15, -0.1) is 11.3 Å². The number of nitrogens with one attached hydrogen (secondary N) is 1. The number of thiazole rings is 1. The van der Waals surface area contributed by atoms with Crippen molar-refractivity contribution in [2.45, 2.75) is 25.5 Å². The maximum absolute atomic E-state index is 13.0. The van der Waals surface area contributed by atoms with Gasteiger partial charge in [0.05, 0.1) is 12.1 Å². The van der Waals surface area contributed by atoms with Crippen LogP contribution in [0.3, 0.4) is 0 Å². The Morgan fingerprint density at radius 3 is 2.58 bits per heavy atom. The van der Waals surface area contributed by atoms with E-state index >= 15 is 0 Å². The Morgan fingerprint density at radius 1 is 1.32 bits per heavy atom. The fourth-order valence-corrected chi connectivity index (χ4v) is 2.36. The quantitative estimate of drug-likeness (QED) is 0.887. The number of aliphatic hydroxyl groups is 1. The van der Waals surface area contributed by atoms with Crippen LogP contribution < -0.4 is 5.32 Å². The van der Waals surface area contributed by atoms with Crippen LogP contribution in [0.1, 0.15) is 12.5 Å². The van der Waals surface area contributed by atoms with Gasteiger partial charge in [-0.25, -0.2) is 13.8 Å². The second kappa shape index (κ2) is 6.08. The average molecular weight is 284 g/mol. The van der Waals surface area contributed by atoms with Gasteiger partial charge in [0.1, 0.15) is 11.6 Å². The van der Waals surface area contributed by atoms with Gasteiger partial charge in [0.25, 0.3) is 0 Å². The molecule has 0 aliphatic carbocycles. The lowest BCUT2D eigenvalue weighted by molar-refractivity contribution is 0.158. The number of aliphatic hydroxyl groups excluding tert-OH is 1. The maximum atomic E-state index is 13.0. The van der Waals surface area contributed by atoms with Gasteiger partial charge in [-0.1, -0.05) is 0 Å². The van der Waals surface area contributed by atoms with Gasteiger partial charge in [0.15, 0.2) is 5.13 Å². The Balaban J connectivity index is 1.97. The number of halogens is 2. The molecule has 102 valence electrons. The third kappa shape index (κ3) is 3.97. The molecule has 1 aromatic heterocycles. The topological polar surface area (TPSA) is 45.2 Å². The van der Waals surface area contributed by atoms with Crippen molar-refractivity contribution in [3.05, 3.63) is 47.0 Å². The molecule has 6 heteroatoms. The highest BCUT2D eigenvalue weighted by Gasteiger charge is 2.16. The van der Waals surface area contributed by atoms with Crippen molar-refractivity contribution in [3.8, 4) is 0 Å². The zero-order chi connectivity index (χ0) is 13.8. The highest BCUT2D eigenvalue weighted by molar-refractivity contribution is 7.13. The van der Waals surface area contributed by atoms with Gasteiger partial charge in [-0.05, 0) is 24.6 Å². The molecule has 19 heavy (non-hydrogen) atoms. The third-order valence-corrected chi connectivity index (χ3v) is 3.43. The van der Waals surface area contributed by atoms with Crippen molar-refractivity contribution in [1.29, 1.82) is 0 Å². The molecule has 0 saturated heterocycles. The zero-order valence-corrected chi connectivity index (χ0v) is 11.1. The van der Waals surface area contributed by atoms with Crippen molar-refractivity contribution < 1.29 is 13.9 Å². The molecule has 2 unspecified atom stereocenters. The first-order valence-electron chi connectivity index (χ1n) is 5.83.